The first-order chi connectivity index (χ1) is 10.00. The largest absolute Gasteiger partial charge is 0.366 e. The molecule has 1 fully saturated rings. The molecule has 2 aromatic heterocycles. The number of hydrogen-bond donors (Lipinski definition) is 2. The molecule has 9 heteroatoms. The van der Waals surface area contributed by atoms with Gasteiger partial charge in [0.2, 0.25) is 0 Å². The monoisotopic (exact) mass is 309 g/mol. The van der Waals surface area contributed by atoms with Gasteiger partial charge >= 0.3 is 0 Å². The molecule has 8 nitrogen and oxygen atoms in total. The van der Waals surface area contributed by atoms with Crippen LogP contribution in [0.5, 0.6) is 0 Å². The van der Waals surface area contributed by atoms with Gasteiger partial charge in [0.25, 0.3) is 0 Å². The molecule has 2 aromatic rings. The molecule has 1 unspecified atom stereocenters. The first-order valence-electron chi connectivity index (χ1n) is 6.49. The van der Waals surface area contributed by atoms with Crippen molar-refractivity contribution in [2.24, 2.45) is 0 Å². The average Bonchev–Trinajstić information content (AvgIpc) is 2.96. The molecule has 3 rings (SSSR count). The van der Waals surface area contributed by atoms with Crippen LogP contribution in [0.15, 0.2) is 23.0 Å². The second kappa shape index (κ2) is 5.32. The summed E-state index contributed by atoms with van der Waals surface area (Å²) in [6, 6.07) is 3.35. The van der Waals surface area contributed by atoms with E-state index in [9.17, 15) is 8.42 Å². The van der Waals surface area contributed by atoms with Crippen LogP contribution in [0.4, 0.5) is 17.5 Å². The summed E-state index contributed by atoms with van der Waals surface area (Å²) in [6.45, 7) is 1.80. The molecule has 0 amide bonds. The normalized spacial score (nSPS) is 20.3. The van der Waals surface area contributed by atoms with Crippen molar-refractivity contribution in [1.82, 2.24) is 15.1 Å². The summed E-state index contributed by atoms with van der Waals surface area (Å²) in [7, 11) is -2.92. The first-order valence-corrected chi connectivity index (χ1v) is 8.32. The molecule has 3 heterocycles. The molecule has 0 bridgehead atoms. The number of nitrogens with zero attached hydrogens (tertiary/aromatic N) is 3. The van der Waals surface area contributed by atoms with Crippen molar-refractivity contribution in [3.8, 4) is 0 Å². The summed E-state index contributed by atoms with van der Waals surface area (Å²) in [4.78, 5) is 8.18. The van der Waals surface area contributed by atoms with E-state index >= 15 is 0 Å². The van der Waals surface area contributed by atoms with Gasteiger partial charge in [-0.1, -0.05) is 5.16 Å². The van der Waals surface area contributed by atoms with Gasteiger partial charge in [-0.15, -0.1) is 0 Å². The quantitative estimate of drug-likeness (QED) is 0.864. The van der Waals surface area contributed by atoms with Crippen LogP contribution in [0.2, 0.25) is 0 Å². The lowest BCUT2D eigenvalue weighted by Crippen LogP contribution is -2.21. The Labute approximate surface area is 121 Å². The number of aromatic nitrogens is 3. The maximum Gasteiger partial charge on any atom is 0.175 e. The molecule has 1 saturated heterocycles. The van der Waals surface area contributed by atoms with E-state index in [1.54, 1.807) is 19.1 Å². The van der Waals surface area contributed by atoms with E-state index in [1.165, 1.54) is 6.33 Å². The van der Waals surface area contributed by atoms with Crippen molar-refractivity contribution in [1.29, 1.82) is 0 Å². The van der Waals surface area contributed by atoms with E-state index in [2.05, 4.69) is 25.8 Å². The SMILES string of the molecule is Cc1cc(Nc2cc(NC3CCS(=O)(=O)C3)ncn2)no1. The number of sulfone groups is 1. The van der Waals surface area contributed by atoms with Crippen LogP contribution in [0.25, 0.3) is 0 Å². The Balaban J connectivity index is 1.68. The third kappa shape index (κ3) is 3.48. The zero-order valence-electron chi connectivity index (χ0n) is 11.4. The Kier molecular flexibility index (Phi) is 3.50. The van der Waals surface area contributed by atoms with Gasteiger partial charge in [0, 0.05) is 18.2 Å². The Morgan fingerprint density at radius 1 is 1.24 bits per heavy atom. The minimum absolute atomic E-state index is 0.105. The molecule has 0 spiro atoms. The standard InChI is InChI=1S/C12H15N5O3S/c1-8-4-12(17-20-8)16-11-5-10(13-7-14-11)15-9-2-3-21(18,19)6-9/h4-5,7,9H,2-3,6H2,1H3,(H2,13,14,15,16,17). The van der Waals surface area contributed by atoms with Crippen molar-refractivity contribution in [3.05, 3.63) is 24.2 Å². The summed E-state index contributed by atoms with van der Waals surface area (Å²) >= 11 is 0. The highest BCUT2D eigenvalue weighted by molar-refractivity contribution is 7.91. The average molecular weight is 309 g/mol. The molecule has 0 saturated carbocycles. The van der Waals surface area contributed by atoms with Crippen LogP contribution < -0.4 is 10.6 Å². The van der Waals surface area contributed by atoms with Gasteiger partial charge in [-0.05, 0) is 13.3 Å². The number of rotatable bonds is 4. The van der Waals surface area contributed by atoms with Gasteiger partial charge < -0.3 is 15.2 Å². The van der Waals surface area contributed by atoms with Crippen LogP contribution in [0, 0.1) is 6.92 Å². The van der Waals surface area contributed by atoms with Gasteiger partial charge in [0.05, 0.1) is 11.5 Å². The van der Waals surface area contributed by atoms with E-state index in [0.717, 1.165) is 0 Å². The second-order valence-electron chi connectivity index (χ2n) is 4.98. The van der Waals surface area contributed by atoms with Gasteiger partial charge in [-0.3, -0.25) is 0 Å². The lowest BCUT2D eigenvalue weighted by Gasteiger charge is -2.11. The predicted molar refractivity (Wildman–Crippen MR) is 77.2 cm³/mol. The maximum atomic E-state index is 11.4. The number of nitrogens with one attached hydrogen (secondary N) is 2. The van der Waals surface area contributed by atoms with Gasteiger partial charge in [-0.2, -0.15) is 0 Å². The molecule has 21 heavy (non-hydrogen) atoms. The first kappa shape index (κ1) is 13.8. The predicted octanol–water partition coefficient (Wildman–Crippen LogP) is 1.12. The lowest BCUT2D eigenvalue weighted by atomic mass is 10.2. The molecule has 1 aliphatic heterocycles. The van der Waals surface area contributed by atoms with Crippen LogP contribution in [-0.2, 0) is 9.84 Å². The van der Waals surface area contributed by atoms with Crippen LogP contribution in [0.1, 0.15) is 12.2 Å². The highest BCUT2D eigenvalue weighted by atomic mass is 32.2. The third-order valence-electron chi connectivity index (χ3n) is 3.14. The highest BCUT2D eigenvalue weighted by Gasteiger charge is 2.27. The van der Waals surface area contributed by atoms with E-state index in [4.69, 9.17) is 4.52 Å². The van der Waals surface area contributed by atoms with Gasteiger partial charge in [0.15, 0.2) is 15.7 Å². The van der Waals surface area contributed by atoms with Crippen molar-refractivity contribution in [2.75, 3.05) is 22.1 Å². The van der Waals surface area contributed by atoms with E-state index < -0.39 is 9.84 Å². The van der Waals surface area contributed by atoms with Crippen LogP contribution >= 0.6 is 0 Å². The van der Waals surface area contributed by atoms with Crippen molar-refractivity contribution >= 4 is 27.3 Å². The summed E-state index contributed by atoms with van der Waals surface area (Å²) in [6.07, 6.45) is 2.00. The van der Waals surface area contributed by atoms with Gasteiger partial charge in [-0.25, -0.2) is 18.4 Å². The van der Waals surface area contributed by atoms with E-state index in [-0.39, 0.29) is 17.5 Å². The fraction of sp³-hybridized carbons (Fsp3) is 0.417. The molecular weight excluding hydrogens is 294 g/mol. The number of anilines is 3. The zero-order chi connectivity index (χ0) is 14.9. The van der Waals surface area contributed by atoms with Crippen molar-refractivity contribution < 1.29 is 12.9 Å². The van der Waals surface area contributed by atoms with E-state index in [1.807, 2.05) is 0 Å². The molecular formula is C12H15N5O3S. The highest BCUT2D eigenvalue weighted by Crippen LogP contribution is 2.19. The Bertz CT molecular complexity index is 743. The fourth-order valence-electron chi connectivity index (χ4n) is 2.18. The zero-order valence-corrected chi connectivity index (χ0v) is 12.2. The summed E-state index contributed by atoms with van der Waals surface area (Å²) in [5.74, 6) is 2.75. The van der Waals surface area contributed by atoms with E-state index in [0.29, 0.717) is 29.6 Å². The molecule has 1 aliphatic rings. The third-order valence-corrected chi connectivity index (χ3v) is 4.90. The molecule has 2 N–H and O–H groups in total. The molecule has 0 radical (unpaired) electrons. The van der Waals surface area contributed by atoms with Gasteiger partial charge in [0.1, 0.15) is 23.7 Å². The Morgan fingerprint density at radius 3 is 2.71 bits per heavy atom. The number of hydrogen-bond acceptors (Lipinski definition) is 8. The molecule has 1 atom stereocenters. The summed E-state index contributed by atoms with van der Waals surface area (Å²) in [5, 5.41) is 9.92. The topological polar surface area (TPSA) is 110 Å². The smallest absolute Gasteiger partial charge is 0.175 e. The Morgan fingerprint density at radius 2 is 2.05 bits per heavy atom. The molecule has 0 aliphatic carbocycles. The van der Waals surface area contributed by atoms with Crippen LogP contribution in [0.3, 0.4) is 0 Å². The molecule has 0 aromatic carbocycles. The maximum absolute atomic E-state index is 11.4. The van der Waals surface area contributed by atoms with Crippen LogP contribution in [-0.4, -0.2) is 41.1 Å². The second-order valence-corrected chi connectivity index (χ2v) is 7.21. The van der Waals surface area contributed by atoms with Crippen molar-refractivity contribution in [2.45, 2.75) is 19.4 Å². The lowest BCUT2D eigenvalue weighted by molar-refractivity contribution is 0.400. The summed E-state index contributed by atoms with van der Waals surface area (Å²) in [5.41, 5.74) is 0. The minimum Gasteiger partial charge on any atom is -0.366 e. The number of aryl methyl sites for hydroxylation is 1. The molecule has 112 valence electrons. The van der Waals surface area contributed by atoms with Crippen molar-refractivity contribution in [3.63, 3.8) is 0 Å². The minimum atomic E-state index is -2.92. The Hall–Kier alpha value is -2.16. The fourth-order valence-corrected chi connectivity index (χ4v) is 3.85. The summed E-state index contributed by atoms with van der Waals surface area (Å²) < 4.78 is 27.8.